The molecule has 0 aliphatic carbocycles. The summed E-state index contributed by atoms with van der Waals surface area (Å²) in [5, 5.41) is 9.24. The van der Waals surface area contributed by atoms with E-state index in [0.29, 0.717) is 23.8 Å². The van der Waals surface area contributed by atoms with E-state index >= 15 is 0 Å². The molecule has 1 amide bonds. The van der Waals surface area contributed by atoms with Crippen molar-refractivity contribution in [1.82, 2.24) is 14.8 Å². The van der Waals surface area contributed by atoms with Crippen molar-refractivity contribution in [2.24, 2.45) is 0 Å². The van der Waals surface area contributed by atoms with Crippen LogP contribution in [0.5, 0.6) is 5.75 Å². The highest BCUT2D eigenvalue weighted by atomic mass is 35.5. The van der Waals surface area contributed by atoms with Gasteiger partial charge in [-0.2, -0.15) is 13.2 Å². The Labute approximate surface area is 193 Å². The van der Waals surface area contributed by atoms with E-state index in [2.05, 4.69) is 10.2 Å². The summed E-state index contributed by atoms with van der Waals surface area (Å²) in [5.41, 5.74) is 0.335. The molecule has 10 heteroatoms. The molecule has 1 aliphatic heterocycles. The lowest BCUT2D eigenvalue weighted by molar-refractivity contribution is -0.137. The first-order valence-electron chi connectivity index (χ1n) is 10.6. The first-order valence-corrected chi connectivity index (χ1v) is 10.9. The molecule has 1 aromatic heterocycles. The van der Waals surface area contributed by atoms with Crippen LogP contribution in [0.15, 0.2) is 42.5 Å². The Hall–Kier alpha value is -3.07. The van der Waals surface area contributed by atoms with Gasteiger partial charge in [0.1, 0.15) is 11.6 Å². The zero-order valence-corrected chi connectivity index (χ0v) is 18.7. The molecule has 3 aromatic rings. The predicted molar refractivity (Wildman–Crippen MR) is 117 cm³/mol. The van der Waals surface area contributed by atoms with Gasteiger partial charge in [0, 0.05) is 18.0 Å². The standard InChI is InChI=1S/C23H22ClF3N4O2/c1-2-11-30-20(10-5-15-3-7-17(24)8-4-15)28-29-21(30)13-31-18-12-16(23(25,26)27)6-9-19(18)33-14-22(31)32/h3-4,6-9,12H,2,5,10-11,13-14H2,1H3. The van der Waals surface area contributed by atoms with Gasteiger partial charge < -0.3 is 9.30 Å². The summed E-state index contributed by atoms with van der Waals surface area (Å²) >= 11 is 5.94. The number of alkyl halides is 3. The smallest absolute Gasteiger partial charge is 0.416 e. The summed E-state index contributed by atoms with van der Waals surface area (Å²) < 4.78 is 47.0. The van der Waals surface area contributed by atoms with E-state index in [0.717, 1.165) is 36.4 Å². The molecular weight excluding hydrogens is 457 g/mol. The van der Waals surface area contributed by atoms with Gasteiger partial charge in [0.15, 0.2) is 12.4 Å². The van der Waals surface area contributed by atoms with Gasteiger partial charge in [0.25, 0.3) is 5.91 Å². The average Bonchev–Trinajstić information content (AvgIpc) is 3.16. The molecule has 0 saturated heterocycles. The van der Waals surface area contributed by atoms with Crippen LogP contribution in [-0.4, -0.2) is 27.3 Å². The number of carbonyl (C=O) groups is 1. The summed E-state index contributed by atoms with van der Waals surface area (Å²) in [6, 6.07) is 10.7. The lowest BCUT2D eigenvalue weighted by Crippen LogP contribution is -2.39. The fraction of sp³-hybridized carbons (Fsp3) is 0.348. The van der Waals surface area contributed by atoms with Crippen LogP contribution in [-0.2, 0) is 36.9 Å². The van der Waals surface area contributed by atoms with E-state index in [1.54, 1.807) is 0 Å². The fourth-order valence-electron chi connectivity index (χ4n) is 3.76. The molecule has 0 saturated carbocycles. The maximum Gasteiger partial charge on any atom is 0.416 e. The quantitative estimate of drug-likeness (QED) is 0.475. The van der Waals surface area contributed by atoms with Gasteiger partial charge in [-0.1, -0.05) is 30.7 Å². The minimum absolute atomic E-state index is 0.00441. The highest BCUT2D eigenvalue weighted by Crippen LogP contribution is 2.39. The molecule has 0 radical (unpaired) electrons. The van der Waals surface area contributed by atoms with E-state index in [4.69, 9.17) is 16.3 Å². The van der Waals surface area contributed by atoms with Gasteiger partial charge in [-0.25, -0.2) is 0 Å². The number of fused-ring (bicyclic) bond motifs is 1. The number of carbonyl (C=O) groups excluding carboxylic acids is 1. The molecule has 0 N–H and O–H groups in total. The highest BCUT2D eigenvalue weighted by molar-refractivity contribution is 6.30. The summed E-state index contributed by atoms with van der Waals surface area (Å²) in [7, 11) is 0. The summed E-state index contributed by atoms with van der Waals surface area (Å²) in [6.45, 7) is 2.40. The molecule has 174 valence electrons. The van der Waals surface area contributed by atoms with Crippen LogP contribution >= 0.6 is 11.6 Å². The monoisotopic (exact) mass is 478 g/mol. The molecule has 0 unspecified atom stereocenters. The van der Waals surface area contributed by atoms with Gasteiger partial charge in [-0.05, 0) is 48.7 Å². The Morgan fingerprint density at radius 3 is 2.48 bits per heavy atom. The Morgan fingerprint density at radius 2 is 1.79 bits per heavy atom. The highest BCUT2D eigenvalue weighted by Gasteiger charge is 2.34. The Kier molecular flexibility index (Phi) is 6.60. The van der Waals surface area contributed by atoms with Crippen molar-refractivity contribution in [2.75, 3.05) is 11.5 Å². The van der Waals surface area contributed by atoms with Crippen molar-refractivity contribution in [3.63, 3.8) is 0 Å². The number of nitrogens with zero attached hydrogens (tertiary/aromatic N) is 4. The molecular formula is C23H22ClF3N4O2. The largest absolute Gasteiger partial charge is 0.482 e. The van der Waals surface area contributed by atoms with E-state index < -0.39 is 17.6 Å². The summed E-state index contributed by atoms with van der Waals surface area (Å²) in [4.78, 5) is 13.9. The molecule has 2 heterocycles. The lowest BCUT2D eigenvalue weighted by atomic mass is 10.1. The third-order valence-corrected chi connectivity index (χ3v) is 5.68. The molecule has 33 heavy (non-hydrogen) atoms. The number of aromatic nitrogens is 3. The van der Waals surface area contributed by atoms with E-state index in [9.17, 15) is 18.0 Å². The third kappa shape index (κ3) is 5.13. The minimum Gasteiger partial charge on any atom is -0.482 e. The third-order valence-electron chi connectivity index (χ3n) is 5.43. The second-order valence-corrected chi connectivity index (χ2v) is 8.20. The lowest BCUT2D eigenvalue weighted by Gasteiger charge is -2.29. The first-order chi connectivity index (χ1) is 15.8. The molecule has 2 aromatic carbocycles. The number of anilines is 1. The topological polar surface area (TPSA) is 60.2 Å². The molecule has 0 atom stereocenters. The van der Waals surface area contributed by atoms with Crippen molar-refractivity contribution in [3.8, 4) is 5.75 Å². The van der Waals surface area contributed by atoms with Crippen molar-refractivity contribution in [1.29, 1.82) is 0 Å². The van der Waals surface area contributed by atoms with Crippen LogP contribution in [0.3, 0.4) is 0 Å². The molecule has 0 spiro atoms. The number of hydrogen-bond acceptors (Lipinski definition) is 4. The van der Waals surface area contributed by atoms with Gasteiger partial charge >= 0.3 is 6.18 Å². The van der Waals surface area contributed by atoms with Gasteiger partial charge in [-0.15, -0.1) is 10.2 Å². The van der Waals surface area contributed by atoms with E-state index in [-0.39, 0.29) is 24.6 Å². The average molecular weight is 479 g/mol. The van der Waals surface area contributed by atoms with Crippen molar-refractivity contribution in [2.45, 2.75) is 45.5 Å². The second kappa shape index (κ2) is 9.43. The van der Waals surface area contributed by atoms with Gasteiger partial charge in [-0.3, -0.25) is 9.69 Å². The van der Waals surface area contributed by atoms with Crippen LogP contribution < -0.4 is 9.64 Å². The molecule has 6 nitrogen and oxygen atoms in total. The molecule has 1 aliphatic rings. The molecule has 0 fully saturated rings. The van der Waals surface area contributed by atoms with Crippen molar-refractivity contribution in [3.05, 3.63) is 70.3 Å². The van der Waals surface area contributed by atoms with Crippen LogP contribution in [0.25, 0.3) is 0 Å². The predicted octanol–water partition coefficient (Wildman–Crippen LogP) is 5.07. The maximum atomic E-state index is 13.2. The first kappa shape index (κ1) is 23.1. The second-order valence-electron chi connectivity index (χ2n) is 7.76. The number of ether oxygens (including phenoxy) is 1. The Bertz CT molecular complexity index is 1150. The zero-order chi connectivity index (χ0) is 23.6. The SMILES string of the molecule is CCCn1c(CCc2ccc(Cl)cc2)nnc1CN1C(=O)COc2ccc(C(F)(F)F)cc21. The number of halogens is 4. The molecule has 0 bridgehead atoms. The van der Waals surface area contributed by atoms with E-state index in [1.807, 2.05) is 35.8 Å². The van der Waals surface area contributed by atoms with E-state index in [1.165, 1.54) is 11.0 Å². The Morgan fingerprint density at radius 1 is 1.06 bits per heavy atom. The Balaban J connectivity index is 1.60. The summed E-state index contributed by atoms with van der Waals surface area (Å²) in [5.74, 6) is 1.07. The van der Waals surface area contributed by atoms with Crippen molar-refractivity contribution < 1.29 is 22.7 Å². The zero-order valence-electron chi connectivity index (χ0n) is 17.9. The number of hydrogen-bond donors (Lipinski definition) is 0. The fourth-order valence-corrected chi connectivity index (χ4v) is 3.88. The normalized spacial score (nSPS) is 13.7. The van der Waals surface area contributed by atoms with Gasteiger partial charge in [0.05, 0.1) is 17.8 Å². The minimum atomic E-state index is -4.53. The van der Waals surface area contributed by atoms with Gasteiger partial charge in [0.2, 0.25) is 0 Å². The number of amides is 1. The number of benzene rings is 2. The number of rotatable bonds is 7. The van der Waals surface area contributed by atoms with Crippen LogP contribution in [0, 0.1) is 0 Å². The molecule has 4 rings (SSSR count). The van der Waals surface area contributed by atoms with Crippen molar-refractivity contribution >= 4 is 23.2 Å². The summed E-state index contributed by atoms with van der Waals surface area (Å²) in [6.07, 6.45) is -2.36. The van der Waals surface area contributed by atoms with Crippen LogP contribution in [0.2, 0.25) is 5.02 Å². The maximum absolute atomic E-state index is 13.2. The van der Waals surface area contributed by atoms with Crippen LogP contribution in [0.1, 0.15) is 36.1 Å². The number of aryl methyl sites for hydroxylation is 2. The van der Waals surface area contributed by atoms with Crippen LogP contribution in [0.4, 0.5) is 18.9 Å².